The molecule has 0 aliphatic heterocycles. The summed E-state index contributed by atoms with van der Waals surface area (Å²) in [5, 5.41) is 27.7. The van der Waals surface area contributed by atoms with Crippen molar-refractivity contribution in [3.05, 3.63) is 199 Å². The van der Waals surface area contributed by atoms with E-state index in [2.05, 4.69) is 136 Å². The Labute approximate surface area is 471 Å². The number of anilines is 5. The number of aromatic nitrogens is 8. The number of aromatic amines is 1. The second-order valence-electron chi connectivity index (χ2n) is 14.6. The van der Waals surface area contributed by atoms with Crippen molar-refractivity contribution in [1.29, 1.82) is 0 Å². The summed E-state index contributed by atoms with van der Waals surface area (Å²) in [6, 6.07) is 32.6. The van der Waals surface area contributed by atoms with Gasteiger partial charge < -0.3 is 37.7 Å². The summed E-state index contributed by atoms with van der Waals surface area (Å²) < 4.78 is 7.25. The van der Waals surface area contributed by atoms with E-state index in [-0.39, 0.29) is 28.8 Å². The number of aryl methyl sites for hydroxylation is 1. The van der Waals surface area contributed by atoms with Gasteiger partial charge in [-0.25, -0.2) is 34.5 Å². The number of hydrogen-bond donors (Lipinski definition) is 7. The average Bonchev–Trinajstić information content (AvgIpc) is 3.78. The molecule has 0 radical (unpaired) electrons. The molecule has 0 spiro atoms. The Morgan fingerprint density at radius 3 is 1.75 bits per heavy atom. The van der Waals surface area contributed by atoms with Crippen molar-refractivity contribution in [1.82, 2.24) is 39.7 Å². The van der Waals surface area contributed by atoms with Crippen molar-refractivity contribution in [3.63, 3.8) is 0 Å². The minimum absolute atomic E-state index is 0.00866. The van der Waals surface area contributed by atoms with E-state index in [4.69, 9.17) is 39.0 Å². The molecule has 4 heterocycles. The average molecular weight is 1390 g/mol. The third-order valence-electron chi connectivity index (χ3n) is 9.29. The monoisotopic (exact) mass is 1380 g/mol. The maximum Gasteiger partial charge on any atom is 0.345 e. The summed E-state index contributed by atoms with van der Waals surface area (Å²) in [6.07, 6.45) is 9.39. The Kier molecular flexibility index (Phi) is 22.4. The molecule has 10 N–H and O–H groups in total. The Hall–Kier alpha value is -6.18. The first-order valence-corrected chi connectivity index (χ1v) is 25.8. The third-order valence-corrected chi connectivity index (χ3v) is 12.4. The zero-order valence-electron chi connectivity index (χ0n) is 37.7. The number of hydrogen-bond acceptors (Lipinski definition) is 14. The number of carbonyl (C=O) groups is 2. The number of H-pyrrole nitrogens is 1. The fourth-order valence-electron chi connectivity index (χ4n) is 5.76. The number of aliphatic hydroxyl groups excluding tert-OH is 1. The molecule has 6 aromatic carbocycles. The number of rotatable bonds is 5. The molecule has 0 amide bonds. The normalized spacial score (nSPS) is 10.2. The lowest BCUT2D eigenvalue weighted by Gasteiger charge is -2.03. The van der Waals surface area contributed by atoms with Gasteiger partial charge in [-0.2, -0.15) is 5.10 Å². The number of nitrogens with two attached hydrogens (primary N) is 3. The zero-order valence-corrected chi connectivity index (χ0v) is 48.0. The molecule has 17 nitrogen and oxygen atoms in total. The molecule has 0 aliphatic carbocycles. The molecule has 10 aromatic rings. The molecule has 0 atom stereocenters. The summed E-state index contributed by atoms with van der Waals surface area (Å²) in [4.78, 5) is 54.4. The van der Waals surface area contributed by atoms with Crippen molar-refractivity contribution in [2.45, 2.75) is 6.61 Å². The van der Waals surface area contributed by atoms with Gasteiger partial charge in [0.2, 0.25) is 11.2 Å². The molecule has 0 fully saturated rings. The van der Waals surface area contributed by atoms with E-state index in [1.807, 2.05) is 73.9 Å². The number of nitrogens with zero attached hydrogens (tertiary/aromatic N) is 7. The van der Waals surface area contributed by atoms with Gasteiger partial charge in [0.25, 0.3) is 0 Å². The van der Waals surface area contributed by atoms with Crippen LogP contribution in [0.3, 0.4) is 0 Å². The predicted molar refractivity (Wildman–Crippen MR) is 310 cm³/mol. The van der Waals surface area contributed by atoms with Crippen LogP contribution >= 0.6 is 107 Å². The van der Waals surface area contributed by atoms with Gasteiger partial charge in [0.1, 0.15) is 0 Å². The number of carboxylic acids is 1. The number of benzene rings is 6. The maximum atomic E-state index is 10.8. The smallest absolute Gasteiger partial charge is 0.345 e. The Morgan fingerprint density at radius 2 is 1.19 bits per heavy atom. The number of nitrogens with one attached hydrogen (secondary N) is 2. The van der Waals surface area contributed by atoms with E-state index in [0.717, 1.165) is 72.6 Å². The standard InChI is InChI=1S/C12H10BrN5.C8H4BrClN2.C8H5BrN2O.C7H6BrNO2.C7H8BrNO.C7H6BrNO/c1-18-7-10(6-15-18)16-12-14-5-8-4-9(13)2-3-11(8)17-12;9-6-1-2-7-5(3-6)4-11-8(10)12-7;9-6-1-2-7-5(3-6)4-10-8(12)11-7;8-4-1-2-6(9)5(3-4)7(10)11;2*8-6-1-2-7(9)5(3-6)4-10/h2-7H,1H3,(H,14,16,17);1-4H;1-4H,(H,10,11,12);1-3H,9H2,(H,10,11);1-3,10H,4,9H2;1-4H,9H2. The summed E-state index contributed by atoms with van der Waals surface area (Å²) in [6.45, 7) is -0.00866. The second-order valence-corrected chi connectivity index (χ2v) is 20.4. The first-order chi connectivity index (χ1) is 34.8. The first-order valence-electron chi connectivity index (χ1n) is 20.6. The number of aromatic carboxylic acids is 1. The Morgan fingerprint density at radius 1 is 0.671 bits per heavy atom. The zero-order chi connectivity index (χ0) is 53.2. The Balaban J connectivity index is 0.000000165. The number of carboxylic acid groups (broad SMARTS) is 1. The van der Waals surface area contributed by atoms with Crippen LogP contribution in [0.4, 0.5) is 28.7 Å². The molecule has 4 aromatic heterocycles. The van der Waals surface area contributed by atoms with Crippen molar-refractivity contribution >= 4 is 181 Å². The molecule has 0 aliphatic rings. The number of aldehydes is 1. The minimum atomic E-state index is -1.01. The molecular weight excluding hydrogens is 1350 g/mol. The van der Waals surface area contributed by atoms with E-state index in [9.17, 15) is 14.4 Å². The van der Waals surface area contributed by atoms with Gasteiger partial charge in [0.05, 0.1) is 40.6 Å². The van der Waals surface area contributed by atoms with E-state index < -0.39 is 5.97 Å². The van der Waals surface area contributed by atoms with Crippen LogP contribution in [0.15, 0.2) is 172 Å². The summed E-state index contributed by atoms with van der Waals surface area (Å²) in [7, 11) is 1.87. The van der Waals surface area contributed by atoms with E-state index in [0.29, 0.717) is 27.4 Å². The van der Waals surface area contributed by atoms with Crippen LogP contribution < -0.4 is 28.2 Å². The van der Waals surface area contributed by atoms with E-state index in [1.165, 1.54) is 6.07 Å². The number of carbonyl (C=O) groups excluding carboxylic acids is 1. The maximum absolute atomic E-state index is 10.8. The van der Waals surface area contributed by atoms with Crippen molar-refractivity contribution < 1.29 is 19.8 Å². The fraction of sp³-hybridized carbons (Fsp3) is 0.0408. The lowest BCUT2D eigenvalue weighted by Crippen LogP contribution is -2.08. The van der Waals surface area contributed by atoms with Crippen LogP contribution in [-0.4, -0.2) is 62.2 Å². The van der Waals surface area contributed by atoms with Crippen LogP contribution in [0.1, 0.15) is 26.3 Å². The number of halogens is 7. The highest BCUT2D eigenvalue weighted by molar-refractivity contribution is 9.11. The largest absolute Gasteiger partial charge is 0.478 e. The Bertz CT molecular complexity index is 3550. The quantitative estimate of drug-likeness (QED) is 0.0479. The molecule has 24 heteroatoms. The van der Waals surface area contributed by atoms with Gasteiger partial charge in [-0.05, 0) is 121 Å². The molecule has 10 rings (SSSR count). The first kappa shape index (κ1) is 57.7. The van der Waals surface area contributed by atoms with Crippen molar-refractivity contribution in [2.24, 2.45) is 7.05 Å². The van der Waals surface area contributed by atoms with Crippen LogP contribution in [0.2, 0.25) is 5.28 Å². The number of aliphatic hydroxyl groups is 1. The van der Waals surface area contributed by atoms with Crippen LogP contribution in [-0.2, 0) is 13.7 Å². The van der Waals surface area contributed by atoms with Gasteiger partial charge in [0.15, 0.2) is 6.29 Å². The SMILES string of the molecule is Clc1ncc2cc(Br)ccc2n1.Cn1cc(Nc2ncc3cc(Br)ccc3n2)cn1.Nc1ccc(Br)cc1C(=O)O.Nc1ccc(Br)cc1C=O.Nc1ccc(Br)cc1CO.O=c1ncc2cc(Br)ccc2[nH]1. The van der Waals surface area contributed by atoms with Crippen LogP contribution in [0.5, 0.6) is 0 Å². The van der Waals surface area contributed by atoms with Crippen molar-refractivity contribution in [3.8, 4) is 0 Å². The van der Waals surface area contributed by atoms with Crippen LogP contribution in [0, 0.1) is 0 Å². The molecule has 0 unspecified atom stereocenters. The molecular formula is C49H39Br6ClN12O5. The molecule has 0 saturated carbocycles. The summed E-state index contributed by atoms with van der Waals surface area (Å²) >= 11 is 25.4. The fourth-order valence-corrected chi connectivity index (χ4v) is 8.19. The number of nitrogen functional groups attached to an aromatic ring is 3. The van der Waals surface area contributed by atoms with Gasteiger partial charge in [-0.15, -0.1) is 0 Å². The van der Waals surface area contributed by atoms with Gasteiger partial charge >= 0.3 is 11.7 Å². The lowest BCUT2D eigenvalue weighted by molar-refractivity contribution is 0.0697. The molecule has 0 saturated heterocycles. The number of fused-ring (bicyclic) bond motifs is 3. The topological polar surface area (TPSA) is 280 Å². The lowest BCUT2D eigenvalue weighted by atomic mass is 10.2. The van der Waals surface area contributed by atoms with Crippen LogP contribution in [0.25, 0.3) is 32.7 Å². The summed E-state index contributed by atoms with van der Waals surface area (Å²) in [5.41, 5.74) is 22.3. The van der Waals surface area contributed by atoms with Gasteiger partial charge in [-0.3, -0.25) is 9.48 Å². The van der Waals surface area contributed by atoms with E-state index in [1.54, 1.807) is 71.9 Å². The van der Waals surface area contributed by atoms with Gasteiger partial charge in [0, 0.05) is 103 Å². The minimum Gasteiger partial charge on any atom is -0.478 e. The molecule has 73 heavy (non-hydrogen) atoms. The summed E-state index contributed by atoms with van der Waals surface area (Å²) in [5.74, 6) is -0.443. The third kappa shape index (κ3) is 18.7. The second kappa shape index (κ2) is 28.3. The highest BCUT2D eigenvalue weighted by Crippen LogP contribution is 2.23. The predicted octanol–water partition coefficient (Wildman–Crippen LogP) is 12.7. The molecule has 374 valence electrons. The van der Waals surface area contributed by atoms with E-state index >= 15 is 0 Å². The molecule has 0 bridgehead atoms. The highest BCUT2D eigenvalue weighted by atomic mass is 79.9. The van der Waals surface area contributed by atoms with Crippen molar-refractivity contribution in [2.75, 3.05) is 22.5 Å². The van der Waals surface area contributed by atoms with Gasteiger partial charge in [-0.1, -0.05) is 95.6 Å². The highest BCUT2D eigenvalue weighted by Gasteiger charge is 2.07.